The van der Waals surface area contributed by atoms with Gasteiger partial charge in [-0.3, -0.25) is 9.69 Å². The zero-order valence-corrected chi connectivity index (χ0v) is 12.1. The van der Waals surface area contributed by atoms with Gasteiger partial charge in [0.15, 0.2) is 0 Å². The second-order valence-electron chi connectivity index (χ2n) is 6.11. The molecule has 1 aromatic carbocycles. The van der Waals surface area contributed by atoms with Crippen molar-refractivity contribution in [3.8, 4) is 0 Å². The molecule has 3 rings (SSSR count). The highest BCUT2D eigenvalue weighted by molar-refractivity contribution is 5.76. The van der Waals surface area contributed by atoms with E-state index in [0.717, 1.165) is 38.5 Å². The average Bonchev–Trinajstić information content (AvgIpc) is 3.31. The van der Waals surface area contributed by atoms with Crippen LogP contribution < -0.4 is 0 Å². The molecule has 1 saturated carbocycles. The van der Waals surface area contributed by atoms with Gasteiger partial charge in [0.2, 0.25) is 5.91 Å². The summed E-state index contributed by atoms with van der Waals surface area (Å²) in [6.07, 6.45) is 4.33. The number of carbonyl (C=O) groups is 1. The predicted molar refractivity (Wildman–Crippen MR) is 80.5 cm³/mol. The maximum atomic E-state index is 12.2. The van der Waals surface area contributed by atoms with Crippen LogP contribution in [0.25, 0.3) is 0 Å². The van der Waals surface area contributed by atoms with Crippen LogP contribution in [0.1, 0.15) is 24.8 Å². The maximum absolute atomic E-state index is 12.2. The molecule has 0 atom stereocenters. The highest BCUT2D eigenvalue weighted by Gasteiger charge is 2.27. The lowest BCUT2D eigenvalue weighted by Crippen LogP contribution is -2.49. The lowest BCUT2D eigenvalue weighted by molar-refractivity contribution is -0.132. The molecule has 0 radical (unpaired) electrons. The van der Waals surface area contributed by atoms with Gasteiger partial charge in [-0.05, 0) is 30.7 Å². The van der Waals surface area contributed by atoms with Crippen molar-refractivity contribution in [3.05, 3.63) is 35.9 Å². The van der Waals surface area contributed by atoms with Crippen molar-refractivity contribution in [1.29, 1.82) is 0 Å². The molecule has 1 aliphatic heterocycles. The van der Waals surface area contributed by atoms with Crippen LogP contribution in [0.5, 0.6) is 0 Å². The Balaban J connectivity index is 1.39. The molecule has 0 spiro atoms. The normalized spacial score (nSPS) is 20.1. The Morgan fingerprint density at radius 1 is 1.05 bits per heavy atom. The van der Waals surface area contributed by atoms with Crippen molar-refractivity contribution < 1.29 is 4.79 Å². The van der Waals surface area contributed by atoms with E-state index in [-0.39, 0.29) is 0 Å². The molecule has 2 aliphatic rings. The van der Waals surface area contributed by atoms with Gasteiger partial charge < -0.3 is 4.90 Å². The van der Waals surface area contributed by atoms with Gasteiger partial charge >= 0.3 is 0 Å². The molecular formula is C17H24N2O. The molecule has 1 saturated heterocycles. The Kier molecular flexibility index (Phi) is 4.36. The van der Waals surface area contributed by atoms with E-state index < -0.39 is 0 Å². The topological polar surface area (TPSA) is 23.6 Å². The Morgan fingerprint density at radius 2 is 1.75 bits per heavy atom. The molecule has 1 amide bonds. The molecule has 0 aromatic heterocycles. The first-order valence-electron chi connectivity index (χ1n) is 7.85. The van der Waals surface area contributed by atoms with Crippen molar-refractivity contribution in [2.75, 3.05) is 32.7 Å². The monoisotopic (exact) mass is 272 g/mol. The van der Waals surface area contributed by atoms with Crippen molar-refractivity contribution in [1.82, 2.24) is 9.80 Å². The largest absolute Gasteiger partial charge is 0.340 e. The molecular weight excluding hydrogens is 248 g/mol. The van der Waals surface area contributed by atoms with Crippen molar-refractivity contribution in [3.63, 3.8) is 0 Å². The van der Waals surface area contributed by atoms with E-state index in [1.807, 2.05) is 23.1 Å². The van der Waals surface area contributed by atoms with E-state index in [2.05, 4.69) is 17.0 Å². The van der Waals surface area contributed by atoms with Crippen molar-refractivity contribution in [2.24, 2.45) is 5.92 Å². The summed E-state index contributed by atoms with van der Waals surface area (Å²) in [6.45, 7) is 5.22. The van der Waals surface area contributed by atoms with Gasteiger partial charge in [-0.1, -0.05) is 30.3 Å². The van der Waals surface area contributed by atoms with E-state index in [1.54, 1.807) is 0 Å². The maximum Gasteiger partial charge on any atom is 0.222 e. The van der Waals surface area contributed by atoms with Gasteiger partial charge in [-0.15, -0.1) is 0 Å². The molecule has 0 bridgehead atoms. The Labute approximate surface area is 121 Å². The smallest absolute Gasteiger partial charge is 0.222 e. The lowest BCUT2D eigenvalue weighted by atomic mass is 10.1. The number of aryl methyl sites for hydroxylation is 1. The zero-order chi connectivity index (χ0) is 13.8. The van der Waals surface area contributed by atoms with Gasteiger partial charge in [0.05, 0.1) is 0 Å². The minimum Gasteiger partial charge on any atom is -0.340 e. The number of benzene rings is 1. The second-order valence-corrected chi connectivity index (χ2v) is 6.11. The SMILES string of the molecule is O=C(CCc1ccccc1)N1CCN(CC2CC2)CC1. The van der Waals surface area contributed by atoms with Crippen LogP contribution in [-0.2, 0) is 11.2 Å². The first-order valence-corrected chi connectivity index (χ1v) is 7.85. The van der Waals surface area contributed by atoms with Crippen LogP contribution in [0.15, 0.2) is 30.3 Å². The average molecular weight is 272 g/mol. The Hall–Kier alpha value is -1.35. The van der Waals surface area contributed by atoms with Crippen LogP contribution >= 0.6 is 0 Å². The number of rotatable bonds is 5. The quantitative estimate of drug-likeness (QED) is 0.820. The fraction of sp³-hybridized carbons (Fsp3) is 0.588. The van der Waals surface area contributed by atoms with Gasteiger partial charge in [0.1, 0.15) is 0 Å². The predicted octanol–water partition coefficient (Wildman–Crippen LogP) is 2.17. The standard InChI is InChI=1S/C17H24N2O/c20-17(9-8-15-4-2-1-3-5-15)19-12-10-18(11-13-19)14-16-6-7-16/h1-5,16H,6-14H2. The lowest BCUT2D eigenvalue weighted by Gasteiger charge is -2.34. The van der Waals surface area contributed by atoms with Gasteiger partial charge in [-0.25, -0.2) is 0 Å². The number of hydrogen-bond acceptors (Lipinski definition) is 2. The first-order chi connectivity index (χ1) is 9.81. The van der Waals surface area contributed by atoms with Gasteiger partial charge in [0.25, 0.3) is 0 Å². The van der Waals surface area contributed by atoms with E-state index in [1.165, 1.54) is 24.9 Å². The molecule has 20 heavy (non-hydrogen) atoms. The fourth-order valence-electron chi connectivity index (χ4n) is 2.90. The highest BCUT2D eigenvalue weighted by atomic mass is 16.2. The summed E-state index contributed by atoms with van der Waals surface area (Å²) >= 11 is 0. The van der Waals surface area contributed by atoms with Gasteiger partial charge in [0, 0.05) is 39.1 Å². The minimum absolute atomic E-state index is 0.319. The van der Waals surface area contributed by atoms with E-state index in [0.29, 0.717) is 12.3 Å². The molecule has 0 N–H and O–H groups in total. The van der Waals surface area contributed by atoms with E-state index in [4.69, 9.17) is 0 Å². The van der Waals surface area contributed by atoms with Crippen LogP contribution in [0.2, 0.25) is 0 Å². The third-order valence-corrected chi connectivity index (χ3v) is 4.41. The first kappa shape index (κ1) is 13.6. The zero-order valence-electron chi connectivity index (χ0n) is 12.1. The molecule has 3 heteroatoms. The summed E-state index contributed by atoms with van der Waals surface area (Å²) in [4.78, 5) is 16.8. The summed E-state index contributed by atoms with van der Waals surface area (Å²) in [7, 11) is 0. The molecule has 1 heterocycles. The molecule has 0 unspecified atom stereocenters. The molecule has 108 valence electrons. The number of carbonyl (C=O) groups excluding carboxylic acids is 1. The van der Waals surface area contributed by atoms with Crippen LogP contribution in [0, 0.1) is 5.92 Å². The fourth-order valence-corrected chi connectivity index (χ4v) is 2.90. The third-order valence-electron chi connectivity index (χ3n) is 4.41. The van der Waals surface area contributed by atoms with Crippen LogP contribution in [-0.4, -0.2) is 48.4 Å². The number of amides is 1. The second kappa shape index (κ2) is 6.40. The summed E-state index contributed by atoms with van der Waals surface area (Å²) in [5.41, 5.74) is 1.26. The summed E-state index contributed by atoms with van der Waals surface area (Å²) in [5.74, 6) is 1.27. The van der Waals surface area contributed by atoms with E-state index in [9.17, 15) is 4.79 Å². The van der Waals surface area contributed by atoms with Crippen molar-refractivity contribution >= 4 is 5.91 Å². The van der Waals surface area contributed by atoms with Gasteiger partial charge in [-0.2, -0.15) is 0 Å². The van der Waals surface area contributed by atoms with E-state index >= 15 is 0 Å². The summed E-state index contributed by atoms with van der Waals surface area (Å²) in [6, 6.07) is 10.3. The van der Waals surface area contributed by atoms with Crippen molar-refractivity contribution in [2.45, 2.75) is 25.7 Å². The third kappa shape index (κ3) is 3.83. The number of piperazine rings is 1. The molecule has 3 nitrogen and oxygen atoms in total. The summed E-state index contributed by atoms with van der Waals surface area (Å²) in [5, 5.41) is 0. The van der Waals surface area contributed by atoms with Crippen LogP contribution in [0.4, 0.5) is 0 Å². The molecule has 1 aliphatic carbocycles. The molecule has 2 fully saturated rings. The minimum atomic E-state index is 0.319. The van der Waals surface area contributed by atoms with Crippen LogP contribution in [0.3, 0.4) is 0 Å². The Morgan fingerprint density at radius 3 is 2.40 bits per heavy atom. The highest BCUT2D eigenvalue weighted by Crippen LogP contribution is 2.29. The number of nitrogens with zero attached hydrogens (tertiary/aromatic N) is 2. The number of hydrogen-bond donors (Lipinski definition) is 0. The summed E-state index contributed by atoms with van der Waals surface area (Å²) < 4.78 is 0. The Bertz CT molecular complexity index is 434. The molecule has 1 aromatic rings.